The lowest BCUT2D eigenvalue weighted by Crippen LogP contribution is -2.34. The van der Waals surface area contributed by atoms with E-state index in [1.54, 1.807) is 20.0 Å². The van der Waals surface area contributed by atoms with Crippen LogP contribution in [0.3, 0.4) is 0 Å². The molecular weight excluding hydrogens is 352 g/mol. The zero-order valence-corrected chi connectivity index (χ0v) is 15.7. The van der Waals surface area contributed by atoms with Crippen LogP contribution in [-0.2, 0) is 16.6 Å². The number of nitrogens with two attached hydrogens (primary N) is 1. The number of primary amides is 1. The minimum Gasteiger partial charge on any atom is -0.443 e. The van der Waals surface area contributed by atoms with Crippen molar-refractivity contribution >= 4 is 17.7 Å². The average Bonchev–Trinajstić information content (AvgIpc) is 3.35. The van der Waals surface area contributed by atoms with E-state index in [1.807, 2.05) is 36.4 Å². The first-order chi connectivity index (χ1) is 12.2. The summed E-state index contributed by atoms with van der Waals surface area (Å²) >= 11 is 5.99. The molecule has 1 fully saturated rings. The van der Waals surface area contributed by atoms with E-state index in [2.05, 4.69) is 4.98 Å². The van der Waals surface area contributed by atoms with E-state index >= 15 is 0 Å². The number of aliphatic hydroxyl groups excluding tert-OH is 1. The number of nitrogens with zero attached hydrogens (tertiary/aromatic N) is 1. The second kappa shape index (κ2) is 6.89. The molecule has 1 saturated carbocycles. The number of hydrogen-bond acceptors (Lipinski definition) is 4. The lowest BCUT2D eigenvalue weighted by Gasteiger charge is -2.28. The van der Waals surface area contributed by atoms with Gasteiger partial charge in [-0.3, -0.25) is 4.98 Å². The molecule has 0 spiro atoms. The van der Waals surface area contributed by atoms with E-state index in [0.29, 0.717) is 17.1 Å². The molecule has 1 unspecified atom stereocenters. The number of aliphatic hydroxyl groups is 1. The molecule has 3 N–H and O–H groups in total. The quantitative estimate of drug-likeness (QED) is 0.802. The molecule has 1 heterocycles. The molecule has 0 radical (unpaired) electrons. The van der Waals surface area contributed by atoms with Gasteiger partial charge in [0, 0.05) is 23.1 Å². The number of carbonyl (C=O) groups is 1. The Morgan fingerprint density at radius 3 is 2.58 bits per heavy atom. The third kappa shape index (κ3) is 3.84. The van der Waals surface area contributed by atoms with Crippen LogP contribution in [0.2, 0.25) is 5.02 Å². The van der Waals surface area contributed by atoms with Gasteiger partial charge in [-0.2, -0.15) is 0 Å². The molecule has 3 rings (SSSR count). The molecule has 1 aromatic heterocycles. The third-order valence-corrected chi connectivity index (χ3v) is 5.16. The van der Waals surface area contributed by atoms with Gasteiger partial charge in [0.05, 0.1) is 5.69 Å². The molecule has 26 heavy (non-hydrogen) atoms. The highest BCUT2D eigenvalue weighted by Gasteiger charge is 2.52. The number of amides is 1. The van der Waals surface area contributed by atoms with E-state index in [0.717, 1.165) is 24.0 Å². The fourth-order valence-corrected chi connectivity index (χ4v) is 3.64. The summed E-state index contributed by atoms with van der Waals surface area (Å²) in [4.78, 5) is 15.6. The Hall–Kier alpha value is -2.11. The normalized spacial score (nSPS) is 16.8. The van der Waals surface area contributed by atoms with Crippen molar-refractivity contribution < 1.29 is 14.6 Å². The molecule has 2 aromatic rings. The number of benzene rings is 1. The average molecular weight is 375 g/mol. The highest BCUT2D eigenvalue weighted by molar-refractivity contribution is 6.30. The van der Waals surface area contributed by atoms with Crippen LogP contribution < -0.4 is 5.73 Å². The number of ether oxygens (including phenoxy) is 1. The van der Waals surface area contributed by atoms with Crippen LogP contribution in [-0.4, -0.2) is 21.8 Å². The summed E-state index contributed by atoms with van der Waals surface area (Å²) in [5.74, 6) is 0. The van der Waals surface area contributed by atoms with Crippen molar-refractivity contribution in [3.63, 3.8) is 0 Å². The molecule has 6 heteroatoms. The molecule has 1 aromatic carbocycles. The van der Waals surface area contributed by atoms with Crippen LogP contribution in [0.15, 0.2) is 42.6 Å². The minimum absolute atomic E-state index is 0.345. The predicted molar refractivity (Wildman–Crippen MR) is 100 cm³/mol. The van der Waals surface area contributed by atoms with E-state index in [1.165, 1.54) is 0 Å². The van der Waals surface area contributed by atoms with Gasteiger partial charge in [-0.1, -0.05) is 29.8 Å². The Morgan fingerprint density at radius 2 is 2.00 bits per heavy atom. The Kier molecular flexibility index (Phi) is 4.95. The summed E-state index contributed by atoms with van der Waals surface area (Å²) in [6, 6.07) is 11.3. The molecule has 1 amide bonds. The van der Waals surface area contributed by atoms with Gasteiger partial charge in [0.2, 0.25) is 0 Å². The first-order valence-corrected chi connectivity index (χ1v) is 8.98. The highest BCUT2D eigenvalue weighted by Crippen LogP contribution is 2.56. The topological polar surface area (TPSA) is 85.4 Å². The van der Waals surface area contributed by atoms with Crippen LogP contribution in [0, 0.1) is 0 Å². The third-order valence-electron chi connectivity index (χ3n) is 4.91. The number of carbonyl (C=O) groups excluding carboxylic acids is 1. The number of halogens is 1. The summed E-state index contributed by atoms with van der Waals surface area (Å²) < 4.78 is 5.19. The molecule has 1 aliphatic carbocycles. The van der Waals surface area contributed by atoms with Gasteiger partial charge in [0.25, 0.3) is 0 Å². The van der Waals surface area contributed by atoms with Crippen LogP contribution in [0.5, 0.6) is 0 Å². The minimum atomic E-state index is -0.819. The van der Waals surface area contributed by atoms with E-state index in [4.69, 9.17) is 22.1 Å². The molecule has 0 bridgehead atoms. The monoisotopic (exact) mass is 374 g/mol. The Balaban J connectivity index is 1.90. The van der Waals surface area contributed by atoms with Crippen molar-refractivity contribution in [2.75, 3.05) is 0 Å². The second-order valence-corrected chi connectivity index (χ2v) is 7.91. The lowest BCUT2D eigenvalue weighted by molar-refractivity contribution is 0.0449. The molecule has 1 atom stereocenters. The molecular formula is C20H23ClN2O3. The van der Waals surface area contributed by atoms with Gasteiger partial charge in [-0.05, 0) is 56.0 Å². The lowest BCUT2D eigenvalue weighted by atomic mass is 9.85. The summed E-state index contributed by atoms with van der Waals surface area (Å²) in [6.45, 7) is 3.57. The van der Waals surface area contributed by atoms with Gasteiger partial charge >= 0.3 is 6.09 Å². The Bertz CT molecular complexity index is 801. The fraction of sp³-hybridized carbons (Fsp3) is 0.400. The van der Waals surface area contributed by atoms with Crippen LogP contribution in [0.1, 0.15) is 49.6 Å². The van der Waals surface area contributed by atoms with Gasteiger partial charge in [-0.15, -0.1) is 0 Å². The second-order valence-electron chi connectivity index (χ2n) is 7.47. The van der Waals surface area contributed by atoms with Crippen LogP contribution in [0.25, 0.3) is 0 Å². The Morgan fingerprint density at radius 1 is 1.35 bits per heavy atom. The molecule has 138 valence electrons. The van der Waals surface area contributed by atoms with E-state index in [9.17, 15) is 9.90 Å². The van der Waals surface area contributed by atoms with E-state index < -0.39 is 17.8 Å². The SMILES string of the molecule is CC(C)(Cc1cccnc1C(O)C1(c2ccc(Cl)cc2)CC1)OC(N)=O. The van der Waals surface area contributed by atoms with Crippen molar-refractivity contribution in [2.45, 2.75) is 50.2 Å². The molecule has 5 nitrogen and oxygen atoms in total. The molecule has 1 aliphatic rings. The van der Waals surface area contributed by atoms with Gasteiger partial charge in [-0.25, -0.2) is 4.79 Å². The maximum absolute atomic E-state index is 11.2. The number of aromatic nitrogens is 1. The number of rotatable bonds is 6. The molecule has 0 saturated heterocycles. The first kappa shape index (κ1) is 18.7. The summed E-state index contributed by atoms with van der Waals surface area (Å²) in [6.07, 6.45) is 2.28. The standard InChI is InChI=1S/C20H23ClN2O3/c1-19(2,26-18(22)25)12-13-4-3-11-23-16(13)17(24)20(9-10-20)14-5-7-15(21)8-6-14/h3-8,11,17,24H,9-10,12H2,1-2H3,(H2,22,25). The van der Waals surface area contributed by atoms with Crippen molar-refractivity contribution in [1.29, 1.82) is 0 Å². The number of hydrogen-bond donors (Lipinski definition) is 2. The highest BCUT2D eigenvalue weighted by atomic mass is 35.5. The maximum Gasteiger partial charge on any atom is 0.405 e. The van der Waals surface area contributed by atoms with Crippen molar-refractivity contribution in [1.82, 2.24) is 4.98 Å². The van der Waals surface area contributed by atoms with Crippen LogP contribution >= 0.6 is 11.6 Å². The van der Waals surface area contributed by atoms with E-state index in [-0.39, 0.29) is 5.41 Å². The van der Waals surface area contributed by atoms with Crippen LogP contribution in [0.4, 0.5) is 4.79 Å². The summed E-state index contributed by atoms with van der Waals surface area (Å²) in [5, 5.41) is 11.8. The van der Waals surface area contributed by atoms with Crippen molar-refractivity contribution in [3.8, 4) is 0 Å². The van der Waals surface area contributed by atoms with Gasteiger partial charge in [0.15, 0.2) is 0 Å². The smallest absolute Gasteiger partial charge is 0.405 e. The zero-order valence-electron chi connectivity index (χ0n) is 14.9. The Labute approximate surface area is 158 Å². The molecule has 0 aliphatic heterocycles. The predicted octanol–water partition coefficient (Wildman–Crippen LogP) is 3.92. The first-order valence-electron chi connectivity index (χ1n) is 8.60. The maximum atomic E-state index is 11.2. The summed E-state index contributed by atoms with van der Waals surface area (Å²) in [5.41, 5.74) is 6.53. The zero-order chi connectivity index (χ0) is 18.9. The number of pyridine rings is 1. The van der Waals surface area contributed by atoms with Crippen molar-refractivity contribution in [3.05, 3.63) is 64.4 Å². The van der Waals surface area contributed by atoms with Gasteiger partial charge < -0.3 is 15.6 Å². The fourth-order valence-electron chi connectivity index (χ4n) is 3.51. The van der Waals surface area contributed by atoms with Gasteiger partial charge in [0.1, 0.15) is 11.7 Å². The van der Waals surface area contributed by atoms with Crippen molar-refractivity contribution in [2.24, 2.45) is 5.73 Å². The largest absolute Gasteiger partial charge is 0.443 e. The summed E-state index contributed by atoms with van der Waals surface area (Å²) in [7, 11) is 0.